The molecule has 0 spiro atoms. The molecular formula is C15H19NO4. The normalized spacial score (nSPS) is 22.1. The van der Waals surface area contributed by atoms with Gasteiger partial charge in [-0.15, -0.1) is 0 Å². The first-order chi connectivity index (χ1) is 9.61. The first-order valence-electron chi connectivity index (χ1n) is 6.69. The molecular weight excluding hydrogens is 258 g/mol. The Balaban J connectivity index is 1.78. The number of carboxylic acids is 1. The molecule has 0 bridgehead atoms. The van der Waals surface area contributed by atoms with Crippen LogP contribution < -0.4 is 5.32 Å². The molecule has 1 aliphatic carbocycles. The minimum absolute atomic E-state index is 0.000246. The highest BCUT2D eigenvalue weighted by molar-refractivity contribution is 5.83. The van der Waals surface area contributed by atoms with Crippen molar-refractivity contribution in [3.63, 3.8) is 0 Å². The van der Waals surface area contributed by atoms with Crippen LogP contribution in [0, 0.1) is 5.92 Å². The molecule has 5 heteroatoms. The zero-order valence-electron chi connectivity index (χ0n) is 11.4. The molecule has 1 aromatic carbocycles. The number of amides is 1. The summed E-state index contributed by atoms with van der Waals surface area (Å²) in [4.78, 5) is 22.6. The van der Waals surface area contributed by atoms with Crippen molar-refractivity contribution in [3.8, 4) is 0 Å². The van der Waals surface area contributed by atoms with Gasteiger partial charge in [0, 0.05) is 19.6 Å². The number of hydrogen-bond acceptors (Lipinski definition) is 3. The minimum Gasteiger partial charge on any atom is -0.481 e. The van der Waals surface area contributed by atoms with Crippen LogP contribution in [-0.2, 0) is 14.3 Å². The van der Waals surface area contributed by atoms with Crippen molar-refractivity contribution < 1.29 is 19.4 Å². The van der Waals surface area contributed by atoms with Crippen LogP contribution in [-0.4, -0.2) is 36.7 Å². The predicted molar refractivity (Wildman–Crippen MR) is 73.3 cm³/mol. The number of ether oxygens (including phenoxy) is 1. The molecule has 0 aromatic heterocycles. The van der Waals surface area contributed by atoms with Gasteiger partial charge in [-0.05, 0) is 17.9 Å². The van der Waals surface area contributed by atoms with Crippen molar-refractivity contribution in [2.45, 2.75) is 24.9 Å². The van der Waals surface area contributed by atoms with Gasteiger partial charge in [0.1, 0.15) is 0 Å². The highest BCUT2D eigenvalue weighted by Gasteiger charge is 2.43. The summed E-state index contributed by atoms with van der Waals surface area (Å²) in [7, 11) is 1.45. The minimum atomic E-state index is -0.931. The van der Waals surface area contributed by atoms with Gasteiger partial charge in [0.15, 0.2) is 0 Å². The molecule has 1 saturated carbocycles. The third-order valence-electron chi connectivity index (χ3n) is 3.59. The molecule has 0 heterocycles. The molecule has 1 fully saturated rings. The lowest BCUT2D eigenvalue weighted by atomic mass is 10.1. The van der Waals surface area contributed by atoms with E-state index in [1.807, 2.05) is 30.3 Å². The van der Waals surface area contributed by atoms with E-state index < -0.39 is 12.1 Å². The fourth-order valence-corrected chi connectivity index (χ4v) is 2.33. The van der Waals surface area contributed by atoms with Crippen molar-refractivity contribution in [2.24, 2.45) is 5.92 Å². The van der Waals surface area contributed by atoms with E-state index in [2.05, 4.69) is 5.32 Å². The Labute approximate surface area is 117 Å². The van der Waals surface area contributed by atoms with Gasteiger partial charge in [0.25, 0.3) is 0 Å². The maximum absolute atomic E-state index is 12.0. The molecule has 3 unspecified atom stereocenters. The molecule has 2 N–H and O–H groups in total. The summed E-state index contributed by atoms with van der Waals surface area (Å²) in [5.41, 5.74) is 1.18. The van der Waals surface area contributed by atoms with E-state index in [0.717, 1.165) is 6.42 Å². The van der Waals surface area contributed by atoms with E-state index in [1.165, 1.54) is 12.7 Å². The summed E-state index contributed by atoms with van der Waals surface area (Å²) in [6, 6.07) is 9.95. The van der Waals surface area contributed by atoms with E-state index in [-0.39, 0.29) is 30.7 Å². The van der Waals surface area contributed by atoms with Crippen molar-refractivity contribution in [1.29, 1.82) is 0 Å². The molecule has 0 aliphatic heterocycles. The number of carboxylic acid groups (broad SMARTS) is 1. The van der Waals surface area contributed by atoms with Gasteiger partial charge in [-0.3, -0.25) is 9.59 Å². The number of benzene rings is 1. The number of nitrogens with one attached hydrogen (secondary N) is 1. The first kappa shape index (κ1) is 14.5. The fraction of sp³-hybridized carbons (Fsp3) is 0.467. The van der Waals surface area contributed by atoms with Gasteiger partial charge >= 0.3 is 5.97 Å². The van der Waals surface area contributed by atoms with Crippen LogP contribution in [0.1, 0.15) is 24.3 Å². The second-order valence-corrected chi connectivity index (χ2v) is 5.06. The smallest absolute Gasteiger partial charge is 0.306 e. The van der Waals surface area contributed by atoms with E-state index in [0.29, 0.717) is 0 Å². The van der Waals surface area contributed by atoms with E-state index in [1.54, 1.807) is 0 Å². The molecule has 2 rings (SSSR count). The van der Waals surface area contributed by atoms with Crippen LogP contribution >= 0.6 is 0 Å². The van der Waals surface area contributed by atoms with Gasteiger partial charge in [-0.25, -0.2) is 0 Å². The highest BCUT2D eigenvalue weighted by atomic mass is 16.5. The number of hydrogen-bond donors (Lipinski definition) is 2. The Kier molecular flexibility index (Phi) is 4.74. The summed E-state index contributed by atoms with van der Waals surface area (Å²) in [5, 5.41) is 11.5. The SMILES string of the molecule is COC(CNC(=O)C1CC1c1ccccc1)CC(=O)O. The van der Waals surface area contributed by atoms with E-state index in [9.17, 15) is 9.59 Å². The summed E-state index contributed by atoms with van der Waals surface area (Å²) >= 11 is 0. The second-order valence-electron chi connectivity index (χ2n) is 5.06. The molecule has 0 saturated heterocycles. The summed E-state index contributed by atoms with van der Waals surface area (Å²) < 4.78 is 5.03. The summed E-state index contributed by atoms with van der Waals surface area (Å²) in [5.74, 6) is -0.664. The summed E-state index contributed by atoms with van der Waals surface area (Å²) in [6.07, 6.45) is 0.265. The molecule has 108 valence electrons. The number of carbonyl (C=O) groups is 2. The topological polar surface area (TPSA) is 75.6 Å². The molecule has 3 atom stereocenters. The van der Waals surface area contributed by atoms with Crippen LogP contribution in [0.2, 0.25) is 0 Å². The standard InChI is InChI=1S/C15H19NO4/c1-20-11(7-14(17)18)9-16-15(19)13-8-12(13)10-5-3-2-4-6-10/h2-6,11-13H,7-9H2,1H3,(H,16,19)(H,17,18). The Morgan fingerprint density at radius 2 is 2.10 bits per heavy atom. The van der Waals surface area contributed by atoms with Gasteiger partial charge in [0.2, 0.25) is 5.91 Å². The van der Waals surface area contributed by atoms with Gasteiger partial charge < -0.3 is 15.2 Å². The lowest BCUT2D eigenvalue weighted by Crippen LogP contribution is -2.35. The van der Waals surface area contributed by atoms with Crippen molar-refractivity contribution in [1.82, 2.24) is 5.32 Å². The largest absolute Gasteiger partial charge is 0.481 e. The molecule has 20 heavy (non-hydrogen) atoms. The van der Waals surface area contributed by atoms with Crippen molar-refractivity contribution >= 4 is 11.9 Å². The van der Waals surface area contributed by atoms with Crippen LogP contribution in [0.3, 0.4) is 0 Å². The van der Waals surface area contributed by atoms with Gasteiger partial charge in [-0.2, -0.15) is 0 Å². The lowest BCUT2D eigenvalue weighted by Gasteiger charge is -2.13. The maximum Gasteiger partial charge on any atom is 0.306 e. The van der Waals surface area contributed by atoms with Gasteiger partial charge in [-0.1, -0.05) is 30.3 Å². The Hall–Kier alpha value is -1.88. The average molecular weight is 277 g/mol. The van der Waals surface area contributed by atoms with Crippen molar-refractivity contribution in [2.75, 3.05) is 13.7 Å². The van der Waals surface area contributed by atoms with Gasteiger partial charge in [0.05, 0.1) is 12.5 Å². The Bertz CT molecular complexity index is 474. The monoisotopic (exact) mass is 277 g/mol. The zero-order valence-corrected chi connectivity index (χ0v) is 11.4. The number of rotatable bonds is 7. The zero-order chi connectivity index (χ0) is 14.5. The van der Waals surface area contributed by atoms with Crippen LogP contribution in [0.5, 0.6) is 0 Å². The van der Waals surface area contributed by atoms with Crippen LogP contribution in [0.4, 0.5) is 0 Å². The number of aliphatic carboxylic acids is 1. The van der Waals surface area contributed by atoms with E-state index in [4.69, 9.17) is 9.84 Å². The molecule has 0 radical (unpaired) electrons. The van der Waals surface area contributed by atoms with Crippen LogP contribution in [0.15, 0.2) is 30.3 Å². The molecule has 1 aliphatic rings. The average Bonchev–Trinajstić information content (AvgIpc) is 3.24. The third kappa shape index (κ3) is 3.81. The van der Waals surface area contributed by atoms with Crippen molar-refractivity contribution in [3.05, 3.63) is 35.9 Å². The van der Waals surface area contributed by atoms with E-state index >= 15 is 0 Å². The number of carbonyl (C=O) groups excluding carboxylic acids is 1. The second kappa shape index (κ2) is 6.52. The lowest BCUT2D eigenvalue weighted by molar-refractivity contribution is -0.140. The summed E-state index contributed by atoms with van der Waals surface area (Å²) in [6.45, 7) is 0.236. The Morgan fingerprint density at radius 1 is 1.40 bits per heavy atom. The van der Waals surface area contributed by atoms with Crippen LogP contribution in [0.25, 0.3) is 0 Å². The quantitative estimate of drug-likeness (QED) is 0.790. The fourth-order valence-electron chi connectivity index (χ4n) is 2.33. The first-order valence-corrected chi connectivity index (χ1v) is 6.69. The Morgan fingerprint density at radius 3 is 2.70 bits per heavy atom. The maximum atomic E-state index is 12.0. The number of methoxy groups -OCH3 is 1. The molecule has 1 amide bonds. The predicted octanol–water partition coefficient (Wildman–Crippen LogP) is 1.40. The highest BCUT2D eigenvalue weighted by Crippen LogP contribution is 2.47. The molecule has 1 aromatic rings. The third-order valence-corrected chi connectivity index (χ3v) is 3.59. The molecule has 5 nitrogen and oxygen atoms in total.